The van der Waals surface area contributed by atoms with Gasteiger partial charge >= 0.3 is 5.97 Å². The monoisotopic (exact) mass is 307 g/mol. The maximum absolute atomic E-state index is 10.7. The van der Waals surface area contributed by atoms with Gasteiger partial charge in [0.2, 0.25) is 0 Å². The third-order valence-corrected chi connectivity index (χ3v) is 3.56. The second-order valence-electron chi connectivity index (χ2n) is 2.56. The van der Waals surface area contributed by atoms with Gasteiger partial charge in [0.15, 0.2) is 0 Å². The van der Waals surface area contributed by atoms with Gasteiger partial charge in [-0.15, -0.1) is 0 Å². The van der Waals surface area contributed by atoms with Crippen LogP contribution < -0.4 is 5.73 Å². The van der Waals surface area contributed by atoms with Crippen molar-refractivity contribution in [2.75, 3.05) is 5.73 Å². The SMILES string of the molecule is Cc1c(Br)cc(C(=O)O)c(N)c1Br. The zero-order chi connectivity index (χ0) is 10.2. The summed E-state index contributed by atoms with van der Waals surface area (Å²) in [6, 6.07) is 1.50. The Bertz CT molecular complexity index is 377. The molecule has 0 unspecified atom stereocenters. The van der Waals surface area contributed by atoms with Crippen molar-refractivity contribution in [3.63, 3.8) is 0 Å². The molecule has 0 spiro atoms. The van der Waals surface area contributed by atoms with Crippen molar-refractivity contribution in [1.29, 1.82) is 0 Å². The molecule has 3 nitrogen and oxygen atoms in total. The molecule has 0 bridgehead atoms. The fraction of sp³-hybridized carbons (Fsp3) is 0.125. The standard InChI is InChI=1S/C8H7Br2NO2/c1-3-5(9)2-4(8(12)13)7(11)6(3)10/h2H,11H2,1H3,(H,12,13). The van der Waals surface area contributed by atoms with Crippen molar-refractivity contribution in [3.05, 3.63) is 26.1 Å². The molecule has 1 rings (SSSR count). The minimum Gasteiger partial charge on any atom is -0.478 e. The highest BCUT2D eigenvalue weighted by Gasteiger charge is 2.14. The lowest BCUT2D eigenvalue weighted by molar-refractivity contribution is 0.0698. The van der Waals surface area contributed by atoms with E-state index < -0.39 is 5.97 Å². The van der Waals surface area contributed by atoms with Crippen molar-refractivity contribution in [1.82, 2.24) is 0 Å². The van der Waals surface area contributed by atoms with Crippen molar-refractivity contribution in [2.45, 2.75) is 6.92 Å². The lowest BCUT2D eigenvalue weighted by atomic mass is 10.1. The van der Waals surface area contributed by atoms with E-state index in [1.54, 1.807) is 0 Å². The van der Waals surface area contributed by atoms with E-state index in [0.717, 1.165) is 10.0 Å². The number of nitrogens with two attached hydrogens (primary N) is 1. The largest absolute Gasteiger partial charge is 0.478 e. The van der Waals surface area contributed by atoms with Gasteiger partial charge in [0.1, 0.15) is 0 Å². The van der Waals surface area contributed by atoms with Gasteiger partial charge in [0.25, 0.3) is 0 Å². The van der Waals surface area contributed by atoms with Crippen LogP contribution in [0.15, 0.2) is 15.0 Å². The Morgan fingerprint density at radius 3 is 2.54 bits per heavy atom. The van der Waals surface area contributed by atoms with E-state index in [4.69, 9.17) is 10.8 Å². The second kappa shape index (κ2) is 3.67. The fourth-order valence-corrected chi connectivity index (χ4v) is 2.04. The molecule has 5 heteroatoms. The van der Waals surface area contributed by atoms with Gasteiger partial charge in [0.05, 0.1) is 11.3 Å². The molecule has 0 aliphatic heterocycles. The Labute approximate surface area is 92.2 Å². The number of hydrogen-bond donors (Lipinski definition) is 2. The van der Waals surface area contributed by atoms with Gasteiger partial charge in [-0.2, -0.15) is 0 Å². The van der Waals surface area contributed by atoms with Crippen molar-refractivity contribution in [3.8, 4) is 0 Å². The van der Waals surface area contributed by atoms with Crippen molar-refractivity contribution in [2.24, 2.45) is 0 Å². The molecule has 0 saturated carbocycles. The minimum atomic E-state index is -1.03. The van der Waals surface area contributed by atoms with Gasteiger partial charge in [-0.1, -0.05) is 15.9 Å². The summed E-state index contributed by atoms with van der Waals surface area (Å²) in [4.78, 5) is 10.7. The summed E-state index contributed by atoms with van der Waals surface area (Å²) in [7, 11) is 0. The summed E-state index contributed by atoms with van der Waals surface area (Å²) in [6.45, 7) is 1.84. The summed E-state index contributed by atoms with van der Waals surface area (Å²) in [5, 5.41) is 8.78. The average molecular weight is 309 g/mol. The molecule has 0 aliphatic carbocycles. The van der Waals surface area contributed by atoms with Crippen molar-refractivity contribution < 1.29 is 9.90 Å². The van der Waals surface area contributed by atoms with E-state index in [1.807, 2.05) is 6.92 Å². The molecule has 3 N–H and O–H groups in total. The lowest BCUT2D eigenvalue weighted by Gasteiger charge is -2.08. The maximum Gasteiger partial charge on any atom is 0.337 e. The summed E-state index contributed by atoms with van der Waals surface area (Å²) < 4.78 is 1.35. The molecule has 13 heavy (non-hydrogen) atoms. The first kappa shape index (κ1) is 10.5. The number of nitrogen functional groups attached to an aromatic ring is 1. The lowest BCUT2D eigenvalue weighted by Crippen LogP contribution is -2.04. The van der Waals surface area contributed by atoms with Gasteiger partial charge in [-0.05, 0) is 34.5 Å². The predicted octanol–water partition coefficient (Wildman–Crippen LogP) is 2.80. The summed E-state index contributed by atoms with van der Waals surface area (Å²) in [6.07, 6.45) is 0. The number of anilines is 1. The average Bonchev–Trinajstić information content (AvgIpc) is 2.07. The van der Waals surface area contributed by atoms with Gasteiger partial charge in [0, 0.05) is 8.95 Å². The Hall–Kier alpha value is -0.550. The number of aromatic carboxylic acids is 1. The molecule has 0 atom stereocenters. The third-order valence-electron chi connectivity index (χ3n) is 1.72. The number of halogens is 2. The highest BCUT2D eigenvalue weighted by atomic mass is 79.9. The number of carboxylic acids is 1. The van der Waals surface area contributed by atoms with Gasteiger partial charge in [-0.25, -0.2) is 4.79 Å². The smallest absolute Gasteiger partial charge is 0.337 e. The van der Waals surface area contributed by atoms with Crippen LogP contribution in [0.3, 0.4) is 0 Å². The Balaban J connectivity index is 3.50. The summed E-state index contributed by atoms with van der Waals surface area (Å²) in [5.41, 5.74) is 6.85. The zero-order valence-electron chi connectivity index (χ0n) is 6.77. The molecule has 0 aromatic heterocycles. The van der Waals surface area contributed by atoms with Crippen LogP contribution in [0.2, 0.25) is 0 Å². The van der Waals surface area contributed by atoms with E-state index in [9.17, 15) is 4.79 Å². The molecule has 0 radical (unpaired) electrons. The minimum absolute atomic E-state index is 0.101. The van der Waals surface area contributed by atoms with Crippen LogP contribution in [0.1, 0.15) is 15.9 Å². The quantitative estimate of drug-likeness (QED) is 0.784. The maximum atomic E-state index is 10.7. The van der Waals surface area contributed by atoms with Crippen LogP contribution in [0, 0.1) is 6.92 Å². The normalized spacial score (nSPS) is 10.1. The predicted molar refractivity (Wildman–Crippen MR) is 58.0 cm³/mol. The van der Waals surface area contributed by atoms with E-state index in [0.29, 0.717) is 4.47 Å². The molecular weight excluding hydrogens is 302 g/mol. The van der Waals surface area contributed by atoms with Crippen LogP contribution in [0.4, 0.5) is 5.69 Å². The molecular formula is C8H7Br2NO2. The number of benzene rings is 1. The highest BCUT2D eigenvalue weighted by molar-refractivity contribution is 9.11. The fourth-order valence-electron chi connectivity index (χ4n) is 0.915. The first-order chi connectivity index (χ1) is 5.95. The molecule has 0 aliphatic rings. The van der Waals surface area contributed by atoms with Crippen molar-refractivity contribution >= 4 is 43.5 Å². The first-order valence-corrected chi connectivity index (χ1v) is 5.01. The molecule has 0 heterocycles. The highest BCUT2D eigenvalue weighted by Crippen LogP contribution is 2.32. The Morgan fingerprint density at radius 1 is 1.54 bits per heavy atom. The second-order valence-corrected chi connectivity index (χ2v) is 4.21. The van der Waals surface area contributed by atoms with Gasteiger partial charge in [-0.3, -0.25) is 0 Å². The zero-order valence-corrected chi connectivity index (χ0v) is 9.94. The topological polar surface area (TPSA) is 63.3 Å². The molecule has 0 saturated heterocycles. The first-order valence-electron chi connectivity index (χ1n) is 3.42. The van der Waals surface area contributed by atoms with Crippen LogP contribution in [0.5, 0.6) is 0 Å². The Kier molecular flexibility index (Phi) is 2.98. The molecule has 0 fully saturated rings. The van der Waals surface area contributed by atoms with Crippen LogP contribution in [0.25, 0.3) is 0 Å². The molecule has 0 amide bonds. The molecule has 1 aromatic carbocycles. The number of carboxylic acid groups (broad SMARTS) is 1. The van der Waals surface area contributed by atoms with Crippen LogP contribution in [-0.4, -0.2) is 11.1 Å². The van der Waals surface area contributed by atoms with Gasteiger partial charge < -0.3 is 10.8 Å². The summed E-state index contributed by atoms with van der Waals surface area (Å²) in [5.74, 6) is -1.03. The number of carbonyl (C=O) groups is 1. The van der Waals surface area contributed by atoms with E-state index >= 15 is 0 Å². The van der Waals surface area contributed by atoms with Crippen LogP contribution in [-0.2, 0) is 0 Å². The van der Waals surface area contributed by atoms with E-state index in [2.05, 4.69) is 31.9 Å². The molecule has 1 aromatic rings. The summed E-state index contributed by atoms with van der Waals surface area (Å²) >= 11 is 6.48. The number of hydrogen-bond acceptors (Lipinski definition) is 2. The van der Waals surface area contributed by atoms with E-state index in [-0.39, 0.29) is 11.3 Å². The Morgan fingerprint density at radius 2 is 2.08 bits per heavy atom. The number of rotatable bonds is 1. The third kappa shape index (κ3) is 1.86. The van der Waals surface area contributed by atoms with E-state index in [1.165, 1.54) is 6.07 Å². The molecule has 70 valence electrons. The van der Waals surface area contributed by atoms with Crippen LogP contribution >= 0.6 is 31.9 Å².